The predicted molar refractivity (Wildman–Crippen MR) is 85.9 cm³/mol. The van der Waals surface area contributed by atoms with E-state index in [1.54, 1.807) is 16.0 Å². The Balaban J connectivity index is 1.79. The summed E-state index contributed by atoms with van der Waals surface area (Å²) in [7, 11) is 0. The molecule has 22 heavy (non-hydrogen) atoms. The molecule has 2 N–H and O–H groups in total. The van der Waals surface area contributed by atoms with E-state index in [4.69, 9.17) is 0 Å². The van der Waals surface area contributed by atoms with E-state index in [2.05, 4.69) is 10.4 Å². The number of nitrogens with one attached hydrogen (secondary N) is 1. The number of carbonyl (C=O) groups is 1. The predicted octanol–water partition coefficient (Wildman–Crippen LogP) is 2.51. The van der Waals surface area contributed by atoms with Gasteiger partial charge in [-0.3, -0.25) is 9.48 Å². The zero-order valence-corrected chi connectivity index (χ0v) is 13.6. The van der Waals surface area contributed by atoms with Crippen LogP contribution < -0.4 is 5.32 Å². The van der Waals surface area contributed by atoms with E-state index in [9.17, 15) is 9.90 Å². The third-order valence-corrected chi connectivity index (χ3v) is 5.15. The van der Waals surface area contributed by atoms with Gasteiger partial charge in [-0.05, 0) is 50.1 Å². The number of rotatable bonds is 5. The number of aliphatic hydroxyl groups is 1. The molecule has 2 aromatic heterocycles. The molecule has 1 aliphatic carbocycles. The van der Waals surface area contributed by atoms with Crippen LogP contribution in [0, 0.1) is 12.8 Å². The quantitative estimate of drug-likeness (QED) is 0.890. The van der Waals surface area contributed by atoms with E-state index in [0.29, 0.717) is 18.2 Å². The van der Waals surface area contributed by atoms with E-state index in [-0.39, 0.29) is 18.1 Å². The fourth-order valence-corrected chi connectivity index (χ4v) is 3.85. The van der Waals surface area contributed by atoms with E-state index < -0.39 is 0 Å². The van der Waals surface area contributed by atoms with Crippen LogP contribution in [0.3, 0.4) is 0 Å². The Hall–Kier alpha value is -1.66. The molecule has 118 valence electrons. The normalized spacial score (nSPS) is 22.1. The van der Waals surface area contributed by atoms with Crippen molar-refractivity contribution in [3.05, 3.63) is 39.8 Å². The summed E-state index contributed by atoms with van der Waals surface area (Å²) in [4.78, 5) is 13.8. The number of hydrogen-bond donors (Lipinski definition) is 2. The van der Waals surface area contributed by atoms with Crippen LogP contribution in [0.5, 0.6) is 0 Å². The molecule has 5 nitrogen and oxygen atoms in total. The maximum atomic E-state index is 12.6. The maximum absolute atomic E-state index is 12.6. The van der Waals surface area contributed by atoms with Crippen molar-refractivity contribution in [3.8, 4) is 0 Å². The van der Waals surface area contributed by atoms with Crippen molar-refractivity contribution < 1.29 is 9.90 Å². The second-order valence-corrected chi connectivity index (χ2v) is 6.82. The smallest absolute Gasteiger partial charge is 0.270 e. The van der Waals surface area contributed by atoms with Gasteiger partial charge in [0.2, 0.25) is 0 Å². The van der Waals surface area contributed by atoms with Crippen LogP contribution in [0.25, 0.3) is 0 Å². The number of thiophene rings is 1. The Morgan fingerprint density at radius 1 is 1.59 bits per heavy atom. The lowest BCUT2D eigenvalue weighted by molar-refractivity contribution is 0.0240. The van der Waals surface area contributed by atoms with Gasteiger partial charge < -0.3 is 10.4 Å². The van der Waals surface area contributed by atoms with Gasteiger partial charge in [0.25, 0.3) is 5.91 Å². The van der Waals surface area contributed by atoms with Gasteiger partial charge in [-0.1, -0.05) is 6.07 Å². The van der Waals surface area contributed by atoms with E-state index in [1.165, 1.54) is 0 Å². The highest BCUT2D eigenvalue weighted by Gasteiger charge is 2.36. The highest BCUT2D eigenvalue weighted by Crippen LogP contribution is 2.39. The monoisotopic (exact) mass is 319 g/mol. The summed E-state index contributed by atoms with van der Waals surface area (Å²) < 4.78 is 1.73. The van der Waals surface area contributed by atoms with Crippen LogP contribution in [0.1, 0.15) is 46.9 Å². The summed E-state index contributed by atoms with van der Waals surface area (Å²) in [5, 5.41) is 19.1. The van der Waals surface area contributed by atoms with Crippen LogP contribution in [0.2, 0.25) is 0 Å². The molecular formula is C16H21N3O2S. The van der Waals surface area contributed by atoms with Gasteiger partial charge in [0.05, 0.1) is 17.8 Å². The molecule has 0 bridgehead atoms. The van der Waals surface area contributed by atoms with Crippen LogP contribution in [0.4, 0.5) is 0 Å². The molecule has 1 saturated carbocycles. The van der Waals surface area contributed by atoms with Gasteiger partial charge in [0.1, 0.15) is 5.69 Å². The van der Waals surface area contributed by atoms with Crippen molar-refractivity contribution in [2.75, 3.05) is 0 Å². The molecule has 3 rings (SSSR count). The summed E-state index contributed by atoms with van der Waals surface area (Å²) in [6.45, 7) is 4.53. The molecule has 1 aliphatic rings. The first-order valence-electron chi connectivity index (χ1n) is 7.65. The van der Waals surface area contributed by atoms with Gasteiger partial charge in [0.15, 0.2) is 0 Å². The number of aryl methyl sites for hydroxylation is 2. The lowest BCUT2D eigenvalue weighted by Gasteiger charge is -2.37. The second-order valence-electron chi connectivity index (χ2n) is 5.84. The largest absolute Gasteiger partial charge is 0.393 e. The summed E-state index contributed by atoms with van der Waals surface area (Å²) in [6, 6.07) is 5.83. The van der Waals surface area contributed by atoms with Crippen molar-refractivity contribution in [1.29, 1.82) is 0 Å². The number of aliphatic hydroxyl groups excluding tert-OH is 1. The summed E-state index contributed by atoms with van der Waals surface area (Å²) in [5.41, 5.74) is 1.44. The van der Waals surface area contributed by atoms with E-state index in [0.717, 1.165) is 23.4 Å². The van der Waals surface area contributed by atoms with Gasteiger partial charge in [-0.25, -0.2) is 0 Å². The molecule has 0 aliphatic heterocycles. The topological polar surface area (TPSA) is 67.2 Å². The Kier molecular flexibility index (Phi) is 4.31. The maximum Gasteiger partial charge on any atom is 0.270 e. The van der Waals surface area contributed by atoms with Crippen molar-refractivity contribution in [3.63, 3.8) is 0 Å². The Morgan fingerprint density at radius 3 is 2.95 bits per heavy atom. The van der Waals surface area contributed by atoms with Crippen molar-refractivity contribution in [2.45, 2.75) is 45.4 Å². The summed E-state index contributed by atoms with van der Waals surface area (Å²) in [6.07, 6.45) is 1.26. The molecule has 0 unspecified atom stereocenters. The van der Waals surface area contributed by atoms with E-state index in [1.807, 2.05) is 37.4 Å². The average Bonchev–Trinajstić information content (AvgIpc) is 3.10. The highest BCUT2D eigenvalue weighted by molar-refractivity contribution is 7.10. The Labute approximate surface area is 134 Å². The third-order valence-electron chi connectivity index (χ3n) is 4.19. The van der Waals surface area contributed by atoms with Crippen LogP contribution in [-0.4, -0.2) is 26.9 Å². The third kappa shape index (κ3) is 2.94. The number of nitrogens with zero attached hydrogens (tertiary/aromatic N) is 2. The van der Waals surface area contributed by atoms with Crippen molar-refractivity contribution in [1.82, 2.24) is 15.1 Å². The standard InChI is InChI=1S/C16H21N3O2S/c1-3-19-13(7-10(2)18-19)16(21)17-15(11-8-12(20)9-11)14-5-4-6-22-14/h4-7,11-12,15,20H,3,8-9H2,1-2H3,(H,17,21)/t11?,12?,15-/m1/s1. The van der Waals surface area contributed by atoms with Crippen LogP contribution in [0.15, 0.2) is 23.6 Å². The zero-order chi connectivity index (χ0) is 15.7. The lowest BCUT2D eigenvalue weighted by Crippen LogP contribution is -2.41. The average molecular weight is 319 g/mol. The summed E-state index contributed by atoms with van der Waals surface area (Å²) >= 11 is 1.64. The fraction of sp³-hybridized carbons (Fsp3) is 0.500. The molecule has 0 radical (unpaired) electrons. The van der Waals surface area contributed by atoms with Gasteiger partial charge >= 0.3 is 0 Å². The number of amides is 1. The molecule has 0 aromatic carbocycles. The lowest BCUT2D eigenvalue weighted by atomic mass is 9.76. The molecule has 1 amide bonds. The van der Waals surface area contributed by atoms with Gasteiger partial charge in [-0.15, -0.1) is 11.3 Å². The SMILES string of the molecule is CCn1nc(C)cc1C(=O)N[C@@H](c1cccs1)C1CC(O)C1. The van der Waals surface area contributed by atoms with E-state index >= 15 is 0 Å². The molecule has 1 fully saturated rings. The molecule has 0 spiro atoms. The molecule has 2 heterocycles. The van der Waals surface area contributed by atoms with Gasteiger partial charge in [-0.2, -0.15) is 5.10 Å². The first-order chi connectivity index (χ1) is 10.6. The first kappa shape index (κ1) is 15.2. The first-order valence-corrected chi connectivity index (χ1v) is 8.53. The number of hydrogen-bond acceptors (Lipinski definition) is 4. The molecule has 6 heteroatoms. The number of carbonyl (C=O) groups excluding carboxylic acids is 1. The highest BCUT2D eigenvalue weighted by atomic mass is 32.1. The van der Waals surface area contributed by atoms with Crippen molar-refractivity contribution in [2.24, 2.45) is 5.92 Å². The molecular weight excluding hydrogens is 298 g/mol. The zero-order valence-electron chi connectivity index (χ0n) is 12.8. The minimum Gasteiger partial charge on any atom is -0.393 e. The van der Waals surface area contributed by atoms with Crippen molar-refractivity contribution >= 4 is 17.2 Å². The number of aromatic nitrogens is 2. The van der Waals surface area contributed by atoms with Crippen LogP contribution in [-0.2, 0) is 6.54 Å². The minimum atomic E-state index is -0.229. The fourth-order valence-electron chi connectivity index (χ4n) is 2.98. The molecule has 2 aromatic rings. The van der Waals surface area contributed by atoms with Gasteiger partial charge in [0, 0.05) is 11.4 Å². The Bertz CT molecular complexity index is 644. The second kappa shape index (κ2) is 6.22. The molecule has 1 atom stereocenters. The molecule has 0 saturated heterocycles. The Morgan fingerprint density at radius 2 is 2.36 bits per heavy atom. The summed E-state index contributed by atoms with van der Waals surface area (Å²) in [5.74, 6) is 0.207. The minimum absolute atomic E-state index is 0.0311. The van der Waals surface area contributed by atoms with Crippen LogP contribution >= 0.6 is 11.3 Å².